The summed E-state index contributed by atoms with van der Waals surface area (Å²) in [7, 11) is 0. The van der Waals surface area contributed by atoms with Crippen molar-refractivity contribution in [3.05, 3.63) is 41.7 Å². The lowest BCUT2D eigenvalue weighted by molar-refractivity contribution is 0.655. The molecule has 1 aliphatic rings. The van der Waals surface area contributed by atoms with Crippen LogP contribution in [0.4, 0.5) is 0 Å². The van der Waals surface area contributed by atoms with Crippen LogP contribution in [0.3, 0.4) is 0 Å². The van der Waals surface area contributed by atoms with E-state index in [0.717, 1.165) is 24.1 Å². The van der Waals surface area contributed by atoms with Crippen LogP contribution >= 0.6 is 0 Å². The Labute approximate surface area is 101 Å². The second-order valence-electron chi connectivity index (χ2n) is 4.42. The molecule has 4 heteroatoms. The van der Waals surface area contributed by atoms with E-state index in [0.29, 0.717) is 6.54 Å². The minimum absolute atomic E-state index is 0.510. The molecule has 4 nitrogen and oxygen atoms in total. The summed E-state index contributed by atoms with van der Waals surface area (Å²) in [6.45, 7) is 0.510. The fourth-order valence-corrected chi connectivity index (χ4v) is 2.49. The van der Waals surface area contributed by atoms with Gasteiger partial charge in [-0.15, -0.1) is 0 Å². The Morgan fingerprint density at radius 1 is 1.29 bits per heavy atom. The van der Waals surface area contributed by atoms with E-state index < -0.39 is 0 Å². The minimum Gasteiger partial charge on any atom is -0.326 e. The molecule has 0 bridgehead atoms. The van der Waals surface area contributed by atoms with Crippen LogP contribution in [-0.4, -0.2) is 14.5 Å². The predicted octanol–water partition coefficient (Wildman–Crippen LogP) is 1.60. The number of aromatic nitrogens is 3. The molecule has 2 aromatic heterocycles. The van der Waals surface area contributed by atoms with Crippen LogP contribution < -0.4 is 5.73 Å². The molecule has 0 amide bonds. The van der Waals surface area contributed by atoms with Crippen molar-refractivity contribution in [2.75, 3.05) is 0 Å². The molecule has 0 aromatic carbocycles. The highest BCUT2D eigenvalue weighted by Crippen LogP contribution is 2.24. The molecule has 2 heterocycles. The van der Waals surface area contributed by atoms with E-state index in [-0.39, 0.29) is 0 Å². The number of aryl methyl sites for hydroxylation is 1. The first-order chi connectivity index (χ1) is 8.40. The standard InChI is InChI=1S/C13H16N4/c14-7-10-8-15-6-5-12(10)17-9-16-11-3-1-2-4-13(11)17/h5-6,8-9H,1-4,7,14H2. The van der Waals surface area contributed by atoms with Gasteiger partial charge in [0, 0.05) is 30.2 Å². The van der Waals surface area contributed by atoms with Crippen LogP contribution in [0, 0.1) is 0 Å². The van der Waals surface area contributed by atoms with Crippen LogP contribution in [-0.2, 0) is 19.4 Å². The third-order valence-corrected chi connectivity index (χ3v) is 3.39. The fraction of sp³-hybridized carbons (Fsp3) is 0.385. The fourth-order valence-electron chi connectivity index (χ4n) is 2.49. The molecule has 1 aliphatic carbocycles. The first kappa shape index (κ1) is 10.5. The van der Waals surface area contributed by atoms with Crippen LogP contribution in [0.2, 0.25) is 0 Å². The average Bonchev–Trinajstić information content (AvgIpc) is 2.82. The molecular formula is C13H16N4. The van der Waals surface area contributed by atoms with E-state index in [9.17, 15) is 0 Å². The molecule has 0 spiro atoms. The van der Waals surface area contributed by atoms with Gasteiger partial charge in [0.15, 0.2) is 0 Å². The molecule has 0 unspecified atom stereocenters. The summed E-state index contributed by atoms with van der Waals surface area (Å²) in [6.07, 6.45) is 10.3. The zero-order valence-electron chi connectivity index (χ0n) is 9.76. The van der Waals surface area contributed by atoms with E-state index in [1.165, 1.54) is 24.2 Å². The normalized spacial score (nSPS) is 14.6. The second-order valence-corrected chi connectivity index (χ2v) is 4.42. The van der Waals surface area contributed by atoms with Crippen molar-refractivity contribution in [1.29, 1.82) is 0 Å². The minimum atomic E-state index is 0.510. The van der Waals surface area contributed by atoms with E-state index in [2.05, 4.69) is 14.5 Å². The van der Waals surface area contributed by atoms with Gasteiger partial charge in [0.25, 0.3) is 0 Å². The molecule has 0 atom stereocenters. The van der Waals surface area contributed by atoms with Crippen molar-refractivity contribution in [2.45, 2.75) is 32.2 Å². The summed E-state index contributed by atoms with van der Waals surface area (Å²) in [4.78, 5) is 8.63. The molecule has 2 N–H and O–H groups in total. The lowest BCUT2D eigenvalue weighted by Gasteiger charge is -2.15. The average molecular weight is 228 g/mol. The van der Waals surface area contributed by atoms with Crippen molar-refractivity contribution in [3.8, 4) is 5.69 Å². The smallest absolute Gasteiger partial charge is 0.0997 e. The summed E-state index contributed by atoms with van der Waals surface area (Å²) in [5.74, 6) is 0. The van der Waals surface area contributed by atoms with Gasteiger partial charge in [-0.05, 0) is 31.7 Å². The Balaban J connectivity index is 2.12. The number of nitrogens with zero attached hydrogens (tertiary/aromatic N) is 3. The second kappa shape index (κ2) is 4.30. The maximum Gasteiger partial charge on any atom is 0.0997 e. The monoisotopic (exact) mass is 228 g/mol. The Morgan fingerprint density at radius 2 is 2.18 bits per heavy atom. The van der Waals surface area contributed by atoms with Gasteiger partial charge in [0.2, 0.25) is 0 Å². The number of hydrogen-bond acceptors (Lipinski definition) is 3. The van der Waals surface area contributed by atoms with Crippen molar-refractivity contribution in [2.24, 2.45) is 5.73 Å². The molecule has 3 rings (SSSR count). The van der Waals surface area contributed by atoms with E-state index in [4.69, 9.17) is 5.73 Å². The number of fused-ring (bicyclic) bond motifs is 1. The SMILES string of the molecule is NCc1cnccc1-n1cnc2c1CCCC2. The Morgan fingerprint density at radius 3 is 3.06 bits per heavy atom. The Kier molecular flexibility index (Phi) is 2.65. The molecule has 17 heavy (non-hydrogen) atoms. The summed E-state index contributed by atoms with van der Waals surface area (Å²) in [5.41, 5.74) is 10.5. The zero-order valence-corrected chi connectivity index (χ0v) is 9.76. The summed E-state index contributed by atoms with van der Waals surface area (Å²) >= 11 is 0. The van der Waals surface area contributed by atoms with Crippen LogP contribution in [0.1, 0.15) is 29.8 Å². The lowest BCUT2D eigenvalue weighted by atomic mass is 10.0. The molecule has 0 saturated heterocycles. The Hall–Kier alpha value is -1.68. The number of imidazole rings is 1. The first-order valence-corrected chi connectivity index (χ1v) is 6.08. The van der Waals surface area contributed by atoms with Crippen molar-refractivity contribution in [1.82, 2.24) is 14.5 Å². The highest BCUT2D eigenvalue weighted by atomic mass is 15.1. The van der Waals surface area contributed by atoms with Gasteiger partial charge in [0.1, 0.15) is 0 Å². The Bertz CT molecular complexity index is 530. The van der Waals surface area contributed by atoms with Gasteiger partial charge < -0.3 is 10.3 Å². The summed E-state index contributed by atoms with van der Waals surface area (Å²) < 4.78 is 2.18. The van der Waals surface area contributed by atoms with Crippen LogP contribution in [0.15, 0.2) is 24.8 Å². The lowest BCUT2D eigenvalue weighted by Crippen LogP contribution is -2.10. The quantitative estimate of drug-likeness (QED) is 0.849. The number of pyridine rings is 1. The van der Waals surface area contributed by atoms with Gasteiger partial charge in [-0.2, -0.15) is 0 Å². The largest absolute Gasteiger partial charge is 0.326 e. The maximum atomic E-state index is 5.76. The highest BCUT2D eigenvalue weighted by Gasteiger charge is 2.17. The van der Waals surface area contributed by atoms with Gasteiger partial charge in [-0.1, -0.05) is 0 Å². The predicted molar refractivity (Wildman–Crippen MR) is 65.9 cm³/mol. The number of rotatable bonds is 2. The maximum absolute atomic E-state index is 5.76. The molecule has 2 aromatic rings. The number of hydrogen-bond donors (Lipinski definition) is 1. The molecular weight excluding hydrogens is 212 g/mol. The van der Waals surface area contributed by atoms with E-state index in [1.807, 2.05) is 24.8 Å². The molecule has 0 saturated carbocycles. The summed E-state index contributed by atoms with van der Waals surface area (Å²) in [5, 5.41) is 0. The van der Waals surface area contributed by atoms with Gasteiger partial charge in [-0.25, -0.2) is 4.98 Å². The van der Waals surface area contributed by atoms with Crippen LogP contribution in [0.25, 0.3) is 5.69 Å². The zero-order chi connectivity index (χ0) is 11.7. The molecule has 88 valence electrons. The van der Waals surface area contributed by atoms with Crippen molar-refractivity contribution < 1.29 is 0 Å². The number of nitrogens with two attached hydrogens (primary N) is 1. The third kappa shape index (κ3) is 1.74. The van der Waals surface area contributed by atoms with Crippen molar-refractivity contribution in [3.63, 3.8) is 0 Å². The third-order valence-electron chi connectivity index (χ3n) is 3.39. The first-order valence-electron chi connectivity index (χ1n) is 6.08. The molecule has 0 aliphatic heterocycles. The molecule has 0 radical (unpaired) electrons. The summed E-state index contributed by atoms with van der Waals surface area (Å²) in [6, 6.07) is 2.01. The van der Waals surface area contributed by atoms with E-state index in [1.54, 1.807) is 0 Å². The van der Waals surface area contributed by atoms with Crippen LogP contribution in [0.5, 0.6) is 0 Å². The van der Waals surface area contributed by atoms with Gasteiger partial charge >= 0.3 is 0 Å². The topological polar surface area (TPSA) is 56.7 Å². The van der Waals surface area contributed by atoms with Gasteiger partial charge in [-0.3, -0.25) is 4.98 Å². The van der Waals surface area contributed by atoms with Gasteiger partial charge in [0.05, 0.1) is 17.7 Å². The highest BCUT2D eigenvalue weighted by molar-refractivity contribution is 5.41. The molecule has 0 fully saturated rings. The van der Waals surface area contributed by atoms with E-state index >= 15 is 0 Å². The van der Waals surface area contributed by atoms with Crippen molar-refractivity contribution >= 4 is 0 Å².